The minimum Gasteiger partial charge on any atom is -0.368 e. The summed E-state index contributed by atoms with van der Waals surface area (Å²) in [6.45, 7) is 2.93. The molecule has 1 aliphatic rings. The predicted molar refractivity (Wildman–Crippen MR) is 82.9 cm³/mol. The Kier molecular flexibility index (Phi) is 4.18. The van der Waals surface area contributed by atoms with Gasteiger partial charge in [-0.3, -0.25) is 4.79 Å². The Morgan fingerprint density at radius 3 is 2.50 bits per heavy atom. The largest absolute Gasteiger partial charge is 0.368 e. The van der Waals surface area contributed by atoms with Crippen LogP contribution in [0.4, 0.5) is 5.69 Å². The molecule has 1 fully saturated rings. The number of nitrogens with zero attached hydrogens (tertiary/aromatic N) is 3. The maximum absolute atomic E-state index is 12.2. The van der Waals surface area contributed by atoms with Gasteiger partial charge >= 0.3 is 0 Å². The summed E-state index contributed by atoms with van der Waals surface area (Å²) >= 11 is 0. The zero-order chi connectivity index (χ0) is 15.4. The molecule has 0 radical (unpaired) electrons. The SMILES string of the molecule is O=CCc1ccc(N2CCN(C(=O)c3ncc[nH]3)CC2)cc1. The van der Waals surface area contributed by atoms with E-state index in [0.29, 0.717) is 25.3 Å². The van der Waals surface area contributed by atoms with E-state index in [1.54, 1.807) is 12.4 Å². The zero-order valence-electron chi connectivity index (χ0n) is 12.2. The molecule has 6 heteroatoms. The van der Waals surface area contributed by atoms with Crippen LogP contribution in [-0.2, 0) is 11.2 Å². The van der Waals surface area contributed by atoms with Crippen molar-refractivity contribution in [3.63, 3.8) is 0 Å². The quantitative estimate of drug-likeness (QED) is 0.859. The number of aromatic nitrogens is 2. The highest BCUT2D eigenvalue weighted by molar-refractivity contribution is 5.90. The third-order valence-corrected chi connectivity index (χ3v) is 3.89. The van der Waals surface area contributed by atoms with E-state index in [1.165, 1.54) is 0 Å². The van der Waals surface area contributed by atoms with Crippen LogP contribution in [0.5, 0.6) is 0 Å². The molecule has 3 rings (SSSR count). The van der Waals surface area contributed by atoms with Gasteiger partial charge in [0.2, 0.25) is 0 Å². The summed E-state index contributed by atoms with van der Waals surface area (Å²) in [6.07, 6.45) is 4.61. The number of aldehydes is 1. The zero-order valence-corrected chi connectivity index (χ0v) is 12.2. The number of nitrogens with one attached hydrogen (secondary N) is 1. The van der Waals surface area contributed by atoms with Gasteiger partial charge in [0.05, 0.1) is 0 Å². The van der Waals surface area contributed by atoms with Crippen molar-refractivity contribution in [2.24, 2.45) is 0 Å². The van der Waals surface area contributed by atoms with Crippen molar-refractivity contribution >= 4 is 17.9 Å². The molecular formula is C16H18N4O2. The lowest BCUT2D eigenvalue weighted by Gasteiger charge is -2.35. The third-order valence-electron chi connectivity index (χ3n) is 3.89. The molecule has 0 aliphatic carbocycles. The summed E-state index contributed by atoms with van der Waals surface area (Å²) in [5, 5.41) is 0. The van der Waals surface area contributed by atoms with Crippen LogP contribution >= 0.6 is 0 Å². The molecule has 6 nitrogen and oxygen atoms in total. The molecule has 0 unspecified atom stereocenters. The summed E-state index contributed by atoms with van der Waals surface area (Å²) in [5.74, 6) is 0.345. The molecule has 22 heavy (non-hydrogen) atoms. The Morgan fingerprint density at radius 2 is 1.91 bits per heavy atom. The number of carbonyl (C=O) groups is 2. The van der Waals surface area contributed by atoms with E-state index in [9.17, 15) is 9.59 Å². The van der Waals surface area contributed by atoms with Gasteiger partial charge in [0.1, 0.15) is 6.29 Å². The summed E-state index contributed by atoms with van der Waals surface area (Å²) in [4.78, 5) is 33.6. The smallest absolute Gasteiger partial charge is 0.289 e. The second-order valence-electron chi connectivity index (χ2n) is 5.25. The first-order valence-electron chi connectivity index (χ1n) is 7.34. The Labute approximate surface area is 128 Å². The highest BCUT2D eigenvalue weighted by Gasteiger charge is 2.23. The number of imidazole rings is 1. The second kappa shape index (κ2) is 6.43. The van der Waals surface area contributed by atoms with E-state index in [1.807, 2.05) is 29.2 Å². The third kappa shape index (κ3) is 3.00. The number of carbonyl (C=O) groups excluding carboxylic acids is 2. The number of anilines is 1. The maximum Gasteiger partial charge on any atom is 0.289 e. The fourth-order valence-corrected chi connectivity index (χ4v) is 2.64. The molecule has 1 amide bonds. The molecule has 0 saturated carbocycles. The van der Waals surface area contributed by atoms with E-state index in [-0.39, 0.29) is 5.91 Å². The average Bonchev–Trinajstić information content (AvgIpc) is 3.10. The first kappa shape index (κ1) is 14.3. The van der Waals surface area contributed by atoms with Crippen molar-refractivity contribution < 1.29 is 9.59 Å². The molecule has 0 atom stereocenters. The number of piperazine rings is 1. The predicted octanol–water partition coefficient (Wildman–Crippen LogP) is 1.11. The lowest BCUT2D eigenvalue weighted by Crippen LogP contribution is -2.49. The van der Waals surface area contributed by atoms with E-state index >= 15 is 0 Å². The van der Waals surface area contributed by atoms with E-state index in [0.717, 1.165) is 30.6 Å². The molecule has 0 spiro atoms. The topological polar surface area (TPSA) is 69.3 Å². The summed E-state index contributed by atoms with van der Waals surface area (Å²) in [5.41, 5.74) is 2.14. The number of amides is 1. The number of aromatic amines is 1. The van der Waals surface area contributed by atoms with Gasteiger partial charge in [-0.05, 0) is 17.7 Å². The molecular weight excluding hydrogens is 280 g/mol. The lowest BCUT2D eigenvalue weighted by atomic mass is 10.1. The minimum atomic E-state index is -0.0500. The van der Waals surface area contributed by atoms with Crippen molar-refractivity contribution in [1.29, 1.82) is 0 Å². The molecule has 2 aromatic rings. The van der Waals surface area contributed by atoms with Gasteiger partial charge in [-0.25, -0.2) is 4.98 Å². The van der Waals surface area contributed by atoms with Gasteiger partial charge in [0.25, 0.3) is 5.91 Å². The van der Waals surface area contributed by atoms with Crippen LogP contribution in [0.15, 0.2) is 36.7 Å². The highest BCUT2D eigenvalue weighted by Crippen LogP contribution is 2.18. The van der Waals surface area contributed by atoms with Gasteiger partial charge in [0, 0.05) is 50.7 Å². The molecule has 0 bridgehead atoms. The van der Waals surface area contributed by atoms with Crippen molar-refractivity contribution in [1.82, 2.24) is 14.9 Å². The minimum absolute atomic E-state index is 0.0500. The molecule has 1 N–H and O–H groups in total. The van der Waals surface area contributed by atoms with Gasteiger partial charge in [-0.15, -0.1) is 0 Å². The molecule has 2 heterocycles. The number of hydrogen-bond acceptors (Lipinski definition) is 4. The first-order chi connectivity index (χ1) is 10.8. The van der Waals surface area contributed by atoms with Crippen molar-refractivity contribution in [3.05, 3.63) is 48.0 Å². The lowest BCUT2D eigenvalue weighted by molar-refractivity contribution is -0.107. The fourth-order valence-electron chi connectivity index (χ4n) is 2.64. The maximum atomic E-state index is 12.2. The van der Waals surface area contributed by atoms with Crippen LogP contribution in [0.3, 0.4) is 0 Å². The number of rotatable bonds is 4. The number of H-pyrrole nitrogens is 1. The average molecular weight is 298 g/mol. The van der Waals surface area contributed by atoms with Crippen LogP contribution in [0.2, 0.25) is 0 Å². The Hall–Kier alpha value is -2.63. The van der Waals surface area contributed by atoms with Crippen LogP contribution in [-0.4, -0.2) is 53.2 Å². The normalized spacial score (nSPS) is 14.9. The van der Waals surface area contributed by atoms with Gasteiger partial charge in [-0.2, -0.15) is 0 Å². The van der Waals surface area contributed by atoms with Crippen molar-refractivity contribution in [3.8, 4) is 0 Å². The second-order valence-corrected chi connectivity index (χ2v) is 5.25. The number of benzene rings is 1. The van der Waals surface area contributed by atoms with Crippen LogP contribution in [0, 0.1) is 0 Å². The summed E-state index contributed by atoms with van der Waals surface area (Å²) < 4.78 is 0. The van der Waals surface area contributed by atoms with Gasteiger partial charge in [-0.1, -0.05) is 12.1 Å². The Balaban J connectivity index is 1.59. The van der Waals surface area contributed by atoms with Crippen LogP contribution in [0.1, 0.15) is 16.2 Å². The van der Waals surface area contributed by atoms with E-state index in [2.05, 4.69) is 14.9 Å². The van der Waals surface area contributed by atoms with Gasteiger partial charge in [0.15, 0.2) is 5.82 Å². The molecule has 1 saturated heterocycles. The molecule has 1 aliphatic heterocycles. The van der Waals surface area contributed by atoms with Gasteiger partial charge < -0.3 is 19.6 Å². The fraction of sp³-hybridized carbons (Fsp3) is 0.312. The molecule has 1 aromatic heterocycles. The van der Waals surface area contributed by atoms with E-state index < -0.39 is 0 Å². The standard InChI is InChI=1S/C16H18N4O2/c21-12-5-13-1-3-14(4-2-13)19-8-10-20(11-9-19)16(22)15-17-6-7-18-15/h1-4,6-7,12H,5,8-11H2,(H,17,18). The van der Waals surface area contributed by atoms with E-state index in [4.69, 9.17) is 0 Å². The summed E-state index contributed by atoms with van der Waals surface area (Å²) in [6, 6.07) is 8.01. The Morgan fingerprint density at radius 1 is 1.18 bits per heavy atom. The van der Waals surface area contributed by atoms with Crippen LogP contribution in [0.25, 0.3) is 0 Å². The van der Waals surface area contributed by atoms with Crippen molar-refractivity contribution in [2.45, 2.75) is 6.42 Å². The summed E-state index contributed by atoms with van der Waals surface area (Å²) in [7, 11) is 0. The number of hydrogen-bond donors (Lipinski definition) is 1. The first-order valence-corrected chi connectivity index (χ1v) is 7.34. The highest BCUT2D eigenvalue weighted by atomic mass is 16.2. The van der Waals surface area contributed by atoms with Crippen molar-refractivity contribution in [2.75, 3.05) is 31.1 Å². The molecule has 1 aromatic carbocycles. The monoisotopic (exact) mass is 298 g/mol. The molecule has 114 valence electrons. The Bertz CT molecular complexity index is 629. The van der Waals surface area contributed by atoms with Crippen LogP contribution < -0.4 is 4.90 Å².